The number of sulfone groups is 1. The normalized spacial score (nSPS) is 12.8. The molecule has 3 aromatic heterocycles. The fraction of sp³-hybridized carbons (Fsp3) is 0.130. The minimum atomic E-state index is -4.02. The van der Waals surface area contributed by atoms with Gasteiger partial charge in [0, 0.05) is 12.1 Å². The smallest absolute Gasteiger partial charge is 0.241 e. The van der Waals surface area contributed by atoms with Crippen molar-refractivity contribution in [3.05, 3.63) is 94.9 Å². The van der Waals surface area contributed by atoms with Crippen molar-refractivity contribution >= 4 is 42.3 Å². The van der Waals surface area contributed by atoms with Crippen LogP contribution in [0.15, 0.2) is 65.1 Å². The van der Waals surface area contributed by atoms with Gasteiger partial charge in [0.25, 0.3) is 0 Å². The molecule has 0 spiro atoms. The van der Waals surface area contributed by atoms with Gasteiger partial charge in [-0.05, 0) is 28.8 Å². The lowest BCUT2D eigenvalue weighted by molar-refractivity contribution is 0.444. The summed E-state index contributed by atoms with van der Waals surface area (Å²) in [6.07, 6.45) is 0. The molecule has 5 aromatic rings. The van der Waals surface area contributed by atoms with Gasteiger partial charge in [0.2, 0.25) is 34.6 Å². The average molecular weight is 578 g/mol. The number of nitrogens with one attached hydrogen (secondary N) is 1. The van der Waals surface area contributed by atoms with Gasteiger partial charge in [-0.25, -0.2) is 26.5 Å². The van der Waals surface area contributed by atoms with E-state index in [1.807, 2.05) is 0 Å². The first-order valence-electron chi connectivity index (χ1n) is 10.9. The number of rotatable bonds is 9. The summed E-state index contributed by atoms with van der Waals surface area (Å²) in [5, 5.41) is 6.34. The Morgan fingerprint density at radius 2 is 1.68 bits per heavy atom. The zero-order valence-corrected chi connectivity index (χ0v) is 21.6. The molecule has 0 fully saturated rings. The fourth-order valence-electron chi connectivity index (χ4n) is 3.74. The van der Waals surface area contributed by atoms with E-state index < -0.39 is 37.9 Å². The van der Waals surface area contributed by atoms with Crippen molar-refractivity contribution in [2.45, 2.75) is 17.5 Å². The number of thiol groups is 1. The highest BCUT2D eigenvalue weighted by atomic mass is 32.2. The zero-order valence-electron chi connectivity index (χ0n) is 19.1. The van der Waals surface area contributed by atoms with Gasteiger partial charge in [-0.1, -0.05) is 36.4 Å². The van der Waals surface area contributed by atoms with E-state index in [4.69, 9.17) is 4.42 Å². The van der Waals surface area contributed by atoms with E-state index in [2.05, 4.69) is 24.9 Å². The monoisotopic (exact) mass is 577 g/mol. The second kappa shape index (κ2) is 10.6. The van der Waals surface area contributed by atoms with Crippen LogP contribution < -0.4 is 4.72 Å². The summed E-state index contributed by atoms with van der Waals surface area (Å²) in [6.45, 7) is -0.306. The second-order valence-corrected chi connectivity index (χ2v) is 12.0. The van der Waals surface area contributed by atoms with Gasteiger partial charge in [0.15, 0.2) is 15.1 Å². The van der Waals surface area contributed by atoms with Gasteiger partial charge in [-0.3, -0.25) is 0 Å². The molecule has 0 aliphatic rings. The summed E-state index contributed by atoms with van der Waals surface area (Å²) in [5.74, 6) is -2.68. The van der Waals surface area contributed by atoms with Gasteiger partial charge < -0.3 is 4.42 Å². The number of nitrogens with zero attached hydrogens (tertiary/aromatic N) is 4. The molecule has 0 amide bonds. The van der Waals surface area contributed by atoms with E-state index in [9.17, 15) is 25.6 Å². The Morgan fingerprint density at radius 3 is 2.39 bits per heavy atom. The Morgan fingerprint density at radius 1 is 0.947 bits per heavy atom. The third kappa shape index (κ3) is 5.75. The van der Waals surface area contributed by atoms with Crippen LogP contribution in [0.5, 0.6) is 0 Å². The van der Waals surface area contributed by atoms with Crippen LogP contribution >= 0.6 is 11.3 Å². The maximum atomic E-state index is 13.7. The molecule has 0 bridgehead atoms. The van der Waals surface area contributed by atoms with Gasteiger partial charge in [-0.15, -0.1) is 21.5 Å². The minimum Gasteiger partial charge on any atom is -0.422 e. The molecule has 196 valence electrons. The van der Waals surface area contributed by atoms with Crippen molar-refractivity contribution in [2.75, 3.05) is 0 Å². The van der Waals surface area contributed by atoms with Crippen molar-refractivity contribution in [1.82, 2.24) is 24.9 Å². The number of aromatic nitrogens is 4. The zero-order chi connectivity index (χ0) is 26.9. The number of benzene rings is 2. The van der Waals surface area contributed by atoms with Crippen LogP contribution in [0.25, 0.3) is 21.3 Å². The van der Waals surface area contributed by atoms with E-state index >= 15 is 0 Å². The van der Waals surface area contributed by atoms with E-state index in [1.54, 1.807) is 48.5 Å². The molecular formula is C23H17F2N5O5S3. The predicted octanol–water partition coefficient (Wildman–Crippen LogP) is 3.34. The van der Waals surface area contributed by atoms with Crippen molar-refractivity contribution in [3.63, 3.8) is 0 Å². The highest BCUT2D eigenvalue weighted by Gasteiger charge is 2.37. The molecule has 15 heteroatoms. The molecule has 1 atom stereocenters. The van der Waals surface area contributed by atoms with Crippen LogP contribution in [-0.2, 0) is 33.0 Å². The minimum absolute atomic E-state index is 0.121. The average Bonchev–Trinajstić information content (AvgIpc) is 3.49. The number of hydrogen-bond donors (Lipinski definition) is 2. The third-order valence-corrected chi connectivity index (χ3v) is 8.89. The van der Waals surface area contributed by atoms with Crippen molar-refractivity contribution in [2.24, 2.45) is 0 Å². The Balaban J connectivity index is 1.57. The molecule has 1 N–H and O–H groups in total. The van der Waals surface area contributed by atoms with Crippen LogP contribution in [0.3, 0.4) is 0 Å². The molecule has 5 rings (SSSR count). The van der Waals surface area contributed by atoms with Crippen LogP contribution in [0.2, 0.25) is 0 Å². The Labute approximate surface area is 220 Å². The topological polar surface area (TPSA) is 145 Å². The first kappa shape index (κ1) is 26.0. The summed E-state index contributed by atoms with van der Waals surface area (Å²) in [6, 6.07) is 15.5. The largest absolute Gasteiger partial charge is 0.422 e. The Bertz CT molecular complexity index is 1780. The molecule has 38 heavy (non-hydrogen) atoms. The SMILES string of the molecule is O=[SH](=O)NCc1nnc(C(c2nc3ccc(-c4cc(F)nc(F)c4)cc3s2)S(=O)(=O)Cc2ccccc2)o1. The summed E-state index contributed by atoms with van der Waals surface area (Å²) < 4.78 is 84.5. The molecule has 2 aromatic carbocycles. The van der Waals surface area contributed by atoms with E-state index in [1.165, 1.54) is 0 Å². The quantitative estimate of drug-likeness (QED) is 0.199. The van der Waals surface area contributed by atoms with Gasteiger partial charge >= 0.3 is 0 Å². The van der Waals surface area contributed by atoms with E-state index in [0.717, 1.165) is 23.5 Å². The summed E-state index contributed by atoms with van der Waals surface area (Å²) in [5.41, 5.74) is 1.72. The molecule has 3 heterocycles. The second-order valence-electron chi connectivity index (χ2n) is 8.03. The highest BCUT2D eigenvalue weighted by Crippen LogP contribution is 2.38. The predicted molar refractivity (Wildman–Crippen MR) is 135 cm³/mol. The number of halogens is 2. The number of hydrogen-bond acceptors (Lipinski definition) is 10. The standard InChI is InChI=1S/C23H17F2N5O5S3/c24-18-9-15(10-19(25)28-18)14-6-7-16-17(8-14)36-23(27-16)21(22-30-29-20(35-22)11-26-37(31)32)38(33,34)12-13-4-2-1-3-5-13/h1-10,21,37H,11-12H2,(H,26,31,32). The van der Waals surface area contributed by atoms with E-state index in [-0.39, 0.29) is 34.7 Å². The Kier molecular flexibility index (Phi) is 7.25. The maximum absolute atomic E-state index is 13.7. The molecule has 0 saturated heterocycles. The first-order valence-corrected chi connectivity index (χ1v) is 14.6. The third-order valence-electron chi connectivity index (χ3n) is 5.36. The van der Waals surface area contributed by atoms with Crippen molar-refractivity contribution in [1.29, 1.82) is 0 Å². The lowest BCUT2D eigenvalue weighted by Crippen LogP contribution is -2.17. The molecule has 0 aliphatic carbocycles. The lowest BCUT2D eigenvalue weighted by atomic mass is 10.1. The van der Waals surface area contributed by atoms with Crippen molar-refractivity contribution < 1.29 is 30.0 Å². The van der Waals surface area contributed by atoms with Crippen LogP contribution in [0.1, 0.15) is 27.6 Å². The van der Waals surface area contributed by atoms with Crippen LogP contribution in [-0.4, -0.2) is 37.0 Å². The number of thiazole rings is 1. The molecule has 1 unspecified atom stereocenters. The van der Waals surface area contributed by atoms with Gasteiger partial charge in [0.05, 0.1) is 22.5 Å². The molecule has 0 aliphatic heterocycles. The summed E-state index contributed by atoms with van der Waals surface area (Å²) in [7, 11) is -6.94. The highest BCUT2D eigenvalue weighted by molar-refractivity contribution is 7.91. The van der Waals surface area contributed by atoms with Gasteiger partial charge in [-0.2, -0.15) is 13.8 Å². The van der Waals surface area contributed by atoms with E-state index in [0.29, 0.717) is 21.3 Å². The lowest BCUT2D eigenvalue weighted by Gasteiger charge is -2.12. The van der Waals surface area contributed by atoms with Crippen LogP contribution in [0, 0.1) is 11.9 Å². The number of fused-ring (bicyclic) bond motifs is 1. The number of pyridine rings is 1. The summed E-state index contributed by atoms with van der Waals surface area (Å²) in [4.78, 5) is 7.59. The van der Waals surface area contributed by atoms with Gasteiger partial charge in [0.1, 0.15) is 5.01 Å². The molecule has 0 radical (unpaired) electrons. The molecule has 0 saturated carbocycles. The fourth-order valence-corrected chi connectivity index (χ4v) is 7.16. The maximum Gasteiger partial charge on any atom is 0.241 e. The molecular weight excluding hydrogens is 560 g/mol. The summed E-state index contributed by atoms with van der Waals surface area (Å²) >= 11 is 1.05. The van der Waals surface area contributed by atoms with Crippen LogP contribution in [0.4, 0.5) is 8.78 Å². The molecule has 10 nitrogen and oxygen atoms in total. The first-order chi connectivity index (χ1) is 18.2. The Hall–Kier alpha value is -3.66. The van der Waals surface area contributed by atoms with Crippen molar-refractivity contribution in [3.8, 4) is 11.1 Å².